The first-order valence-corrected chi connectivity index (χ1v) is 8.94. The van der Waals surface area contributed by atoms with Gasteiger partial charge in [-0.15, -0.1) is 22.7 Å². The smallest absolute Gasteiger partial charge is 0.226 e. The molecule has 0 saturated heterocycles. The minimum Gasteiger partial charge on any atom is -0.391 e. The number of rotatable bonds is 4. The summed E-state index contributed by atoms with van der Waals surface area (Å²) >= 11 is 3.22. The summed E-state index contributed by atoms with van der Waals surface area (Å²) in [6.45, 7) is 0. The molecule has 3 rings (SSSR count). The molecule has 0 unspecified atom stereocenters. The van der Waals surface area contributed by atoms with E-state index in [1.165, 1.54) is 0 Å². The van der Waals surface area contributed by atoms with Crippen molar-refractivity contribution in [2.45, 2.75) is 44.2 Å². The van der Waals surface area contributed by atoms with Crippen LogP contribution in [-0.2, 0) is 11.2 Å². The zero-order chi connectivity index (χ0) is 14.7. The number of thiophene rings is 1. The molecule has 0 bridgehead atoms. The number of hydrogen-bond donors (Lipinski definition) is 2. The summed E-state index contributed by atoms with van der Waals surface area (Å²) in [6.07, 6.45) is 3.64. The van der Waals surface area contributed by atoms with Gasteiger partial charge in [0.1, 0.15) is 5.01 Å². The van der Waals surface area contributed by atoms with Gasteiger partial charge >= 0.3 is 0 Å². The zero-order valence-corrected chi connectivity index (χ0v) is 13.3. The van der Waals surface area contributed by atoms with Crippen molar-refractivity contribution >= 4 is 28.6 Å². The zero-order valence-electron chi connectivity index (χ0n) is 11.6. The Balaban J connectivity index is 1.57. The van der Waals surface area contributed by atoms with E-state index in [0.29, 0.717) is 0 Å². The fraction of sp³-hybridized carbons (Fsp3) is 0.467. The van der Waals surface area contributed by atoms with Crippen LogP contribution in [0.25, 0.3) is 9.88 Å². The van der Waals surface area contributed by atoms with Crippen molar-refractivity contribution in [1.82, 2.24) is 10.3 Å². The lowest BCUT2D eigenvalue weighted by Gasteiger charge is -2.28. The van der Waals surface area contributed by atoms with Gasteiger partial charge < -0.3 is 10.4 Å². The molecule has 2 aromatic rings. The van der Waals surface area contributed by atoms with Crippen molar-refractivity contribution in [2.24, 2.45) is 0 Å². The van der Waals surface area contributed by atoms with Gasteiger partial charge in [0.2, 0.25) is 5.91 Å². The third-order valence-electron chi connectivity index (χ3n) is 3.70. The van der Waals surface area contributed by atoms with Gasteiger partial charge in [0, 0.05) is 5.38 Å². The van der Waals surface area contributed by atoms with E-state index in [2.05, 4.69) is 10.3 Å². The summed E-state index contributed by atoms with van der Waals surface area (Å²) in [7, 11) is 0. The topological polar surface area (TPSA) is 62.2 Å². The Morgan fingerprint density at radius 3 is 3.00 bits per heavy atom. The molecule has 0 spiro atoms. The molecule has 1 aliphatic carbocycles. The first-order valence-electron chi connectivity index (χ1n) is 7.18. The second-order valence-corrected chi connectivity index (χ2v) is 7.13. The largest absolute Gasteiger partial charge is 0.391 e. The van der Waals surface area contributed by atoms with Gasteiger partial charge in [-0.05, 0) is 24.3 Å². The molecule has 1 fully saturated rings. The Hall–Kier alpha value is -1.24. The van der Waals surface area contributed by atoms with Gasteiger partial charge in [-0.3, -0.25) is 4.79 Å². The average molecular weight is 322 g/mol. The summed E-state index contributed by atoms with van der Waals surface area (Å²) < 4.78 is 0. The lowest BCUT2D eigenvalue weighted by atomic mass is 9.92. The highest BCUT2D eigenvalue weighted by atomic mass is 32.1. The number of carbonyl (C=O) groups excluding carboxylic acids is 1. The van der Waals surface area contributed by atoms with E-state index in [9.17, 15) is 9.90 Å². The number of aliphatic hydroxyl groups is 1. The highest BCUT2D eigenvalue weighted by Gasteiger charge is 2.24. The number of aliphatic hydroxyl groups excluding tert-OH is 1. The first-order chi connectivity index (χ1) is 10.2. The van der Waals surface area contributed by atoms with Crippen molar-refractivity contribution in [1.29, 1.82) is 0 Å². The van der Waals surface area contributed by atoms with Crippen LogP contribution in [0.1, 0.15) is 31.4 Å². The van der Waals surface area contributed by atoms with Crippen LogP contribution in [0.5, 0.6) is 0 Å². The van der Waals surface area contributed by atoms with Crippen LogP contribution in [0.2, 0.25) is 0 Å². The molecule has 4 nitrogen and oxygen atoms in total. The van der Waals surface area contributed by atoms with Gasteiger partial charge in [-0.25, -0.2) is 4.98 Å². The molecule has 2 N–H and O–H groups in total. The van der Waals surface area contributed by atoms with E-state index in [0.717, 1.165) is 41.3 Å². The predicted molar refractivity (Wildman–Crippen MR) is 85.5 cm³/mol. The highest BCUT2D eigenvalue weighted by molar-refractivity contribution is 7.20. The Labute approximate surface area is 131 Å². The molecule has 21 heavy (non-hydrogen) atoms. The van der Waals surface area contributed by atoms with E-state index in [1.54, 1.807) is 22.7 Å². The Kier molecular flexibility index (Phi) is 4.67. The van der Waals surface area contributed by atoms with Crippen molar-refractivity contribution in [3.8, 4) is 9.88 Å². The number of hydrogen-bond acceptors (Lipinski definition) is 5. The van der Waals surface area contributed by atoms with E-state index in [-0.39, 0.29) is 18.4 Å². The number of amides is 1. The van der Waals surface area contributed by atoms with Crippen LogP contribution in [0.3, 0.4) is 0 Å². The standard InChI is InChI=1S/C15H18N2O2S2/c18-12-5-2-1-4-11(12)17-14(19)8-10-9-21-15(16-10)13-6-3-7-20-13/h3,6-7,9,11-12,18H,1-2,4-5,8H2,(H,17,19)/t11-,12-/m0/s1. The number of nitrogens with one attached hydrogen (secondary N) is 1. The summed E-state index contributed by atoms with van der Waals surface area (Å²) in [6, 6.07) is 3.94. The van der Waals surface area contributed by atoms with Crippen LogP contribution in [0.15, 0.2) is 22.9 Å². The van der Waals surface area contributed by atoms with Crippen LogP contribution in [0, 0.1) is 0 Å². The van der Waals surface area contributed by atoms with Crippen LogP contribution in [0.4, 0.5) is 0 Å². The Morgan fingerprint density at radius 2 is 2.24 bits per heavy atom. The second-order valence-electron chi connectivity index (χ2n) is 5.32. The summed E-state index contributed by atoms with van der Waals surface area (Å²) in [5, 5.41) is 17.7. The SMILES string of the molecule is O=C(Cc1csc(-c2cccs2)n1)N[C@H]1CCCC[C@@H]1O. The van der Waals surface area contributed by atoms with Crippen LogP contribution in [-0.4, -0.2) is 28.1 Å². The van der Waals surface area contributed by atoms with E-state index >= 15 is 0 Å². The quantitative estimate of drug-likeness (QED) is 0.910. The summed E-state index contributed by atoms with van der Waals surface area (Å²) in [5.41, 5.74) is 0.797. The molecule has 0 aromatic carbocycles. The molecule has 0 aliphatic heterocycles. The van der Waals surface area contributed by atoms with Crippen molar-refractivity contribution in [3.63, 3.8) is 0 Å². The molecular weight excluding hydrogens is 304 g/mol. The molecule has 2 heterocycles. The lowest BCUT2D eigenvalue weighted by molar-refractivity contribution is -0.122. The maximum Gasteiger partial charge on any atom is 0.226 e. The maximum atomic E-state index is 12.1. The fourth-order valence-electron chi connectivity index (χ4n) is 2.60. The second kappa shape index (κ2) is 6.68. The van der Waals surface area contributed by atoms with Crippen LogP contribution < -0.4 is 5.32 Å². The third kappa shape index (κ3) is 3.70. The maximum absolute atomic E-state index is 12.1. The highest BCUT2D eigenvalue weighted by Crippen LogP contribution is 2.28. The molecule has 1 aliphatic rings. The average Bonchev–Trinajstić information content (AvgIpc) is 3.12. The number of carbonyl (C=O) groups is 1. The van der Waals surface area contributed by atoms with Gasteiger partial charge in [0.15, 0.2) is 0 Å². The van der Waals surface area contributed by atoms with Gasteiger partial charge in [-0.2, -0.15) is 0 Å². The van der Waals surface area contributed by atoms with Crippen molar-refractivity contribution < 1.29 is 9.90 Å². The summed E-state index contributed by atoms with van der Waals surface area (Å²) in [4.78, 5) is 17.7. The van der Waals surface area contributed by atoms with E-state index in [4.69, 9.17) is 0 Å². The number of nitrogens with zero attached hydrogens (tertiary/aromatic N) is 1. The van der Waals surface area contributed by atoms with E-state index < -0.39 is 6.10 Å². The van der Waals surface area contributed by atoms with Gasteiger partial charge in [-0.1, -0.05) is 18.9 Å². The molecule has 112 valence electrons. The van der Waals surface area contributed by atoms with Gasteiger partial charge in [0.25, 0.3) is 0 Å². The third-order valence-corrected chi connectivity index (χ3v) is 5.63. The Bertz CT molecular complexity index is 595. The molecule has 2 aromatic heterocycles. The van der Waals surface area contributed by atoms with Crippen molar-refractivity contribution in [3.05, 3.63) is 28.6 Å². The molecular formula is C15H18N2O2S2. The fourth-order valence-corrected chi connectivity index (χ4v) is 4.24. The molecule has 2 atom stereocenters. The van der Waals surface area contributed by atoms with Crippen LogP contribution >= 0.6 is 22.7 Å². The minimum atomic E-state index is -0.403. The molecule has 1 saturated carbocycles. The summed E-state index contributed by atoms with van der Waals surface area (Å²) in [5.74, 6) is -0.0519. The minimum absolute atomic E-state index is 0.0519. The Morgan fingerprint density at radius 1 is 1.38 bits per heavy atom. The number of aromatic nitrogens is 1. The molecule has 0 radical (unpaired) electrons. The monoisotopic (exact) mass is 322 g/mol. The van der Waals surface area contributed by atoms with Gasteiger partial charge in [0.05, 0.1) is 29.1 Å². The van der Waals surface area contributed by atoms with E-state index in [1.807, 2.05) is 22.9 Å². The predicted octanol–water partition coefficient (Wildman–Crippen LogP) is 2.83. The van der Waals surface area contributed by atoms with Crippen molar-refractivity contribution in [2.75, 3.05) is 0 Å². The number of thiazole rings is 1. The lowest BCUT2D eigenvalue weighted by Crippen LogP contribution is -2.45. The first kappa shape index (κ1) is 14.7. The molecule has 6 heteroatoms. The normalized spacial score (nSPS) is 22.1. The molecule has 1 amide bonds.